The summed E-state index contributed by atoms with van der Waals surface area (Å²) in [6, 6.07) is 0. The molecule has 82 valence electrons. The molecule has 2 rings (SSSR count). The van der Waals surface area contributed by atoms with E-state index in [1.54, 1.807) is 0 Å². The van der Waals surface area contributed by atoms with Gasteiger partial charge in [0.25, 0.3) is 0 Å². The summed E-state index contributed by atoms with van der Waals surface area (Å²) in [7, 11) is 0. The van der Waals surface area contributed by atoms with Gasteiger partial charge in [-0.25, -0.2) is 0 Å². The standard InChI is InChI=1S/C10H18O4/c1-8(12-5-10-7-14-10)2-3-11-4-9-6-13-9/h8-10H,2-7H2,1H3/t8-,9-,10+/m0/s1. The van der Waals surface area contributed by atoms with Crippen molar-refractivity contribution in [2.45, 2.75) is 31.7 Å². The van der Waals surface area contributed by atoms with Crippen LogP contribution in [-0.2, 0) is 18.9 Å². The van der Waals surface area contributed by atoms with Gasteiger partial charge in [0.15, 0.2) is 0 Å². The molecule has 0 unspecified atom stereocenters. The monoisotopic (exact) mass is 202 g/mol. The minimum Gasteiger partial charge on any atom is -0.379 e. The Bertz CT molecular complexity index is 166. The average molecular weight is 202 g/mol. The van der Waals surface area contributed by atoms with E-state index in [9.17, 15) is 0 Å². The maximum atomic E-state index is 5.55. The van der Waals surface area contributed by atoms with E-state index in [1.807, 2.05) is 0 Å². The van der Waals surface area contributed by atoms with Crippen molar-refractivity contribution in [1.29, 1.82) is 0 Å². The average Bonchev–Trinajstić information content (AvgIpc) is 3.02. The summed E-state index contributed by atoms with van der Waals surface area (Å²) in [6.45, 7) is 6.02. The maximum Gasteiger partial charge on any atom is 0.104 e. The van der Waals surface area contributed by atoms with Gasteiger partial charge in [0.2, 0.25) is 0 Å². The van der Waals surface area contributed by atoms with Crippen LogP contribution < -0.4 is 0 Å². The molecular formula is C10H18O4. The molecule has 0 N–H and O–H groups in total. The van der Waals surface area contributed by atoms with Crippen molar-refractivity contribution in [2.75, 3.05) is 33.0 Å². The first-order valence-electron chi connectivity index (χ1n) is 5.27. The lowest BCUT2D eigenvalue weighted by Crippen LogP contribution is -2.15. The van der Waals surface area contributed by atoms with Gasteiger partial charge in [0.05, 0.1) is 32.5 Å². The molecule has 2 aliphatic heterocycles. The lowest BCUT2D eigenvalue weighted by molar-refractivity contribution is 0.0221. The molecule has 0 aromatic rings. The highest BCUT2D eigenvalue weighted by molar-refractivity contribution is 4.69. The van der Waals surface area contributed by atoms with Crippen molar-refractivity contribution in [3.8, 4) is 0 Å². The Morgan fingerprint density at radius 3 is 2.50 bits per heavy atom. The van der Waals surface area contributed by atoms with Crippen molar-refractivity contribution < 1.29 is 18.9 Å². The van der Waals surface area contributed by atoms with Crippen LogP contribution in [-0.4, -0.2) is 51.3 Å². The third kappa shape index (κ3) is 4.37. The first-order valence-corrected chi connectivity index (χ1v) is 5.27. The van der Waals surface area contributed by atoms with Crippen LogP contribution >= 0.6 is 0 Å². The van der Waals surface area contributed by atoms with Crippen molar-refractivity contribution in [2.24, 2.45) is 0 Å². The molecule has 2 aliphatic rings. The normalized spacial score (nSPS) is 31.5. The number of rotatable bonds is 8. The van der Waals surface area contributed by atoms with Crippen molar-refractivity contribution in [1.82, 2.24) is 0 Å². The fourth-order valence-corrected chi connectivity index (χ4v) is 1.15. The van der Waals surface area contributed by atoms with Crippen LogP contribution in [0.15, 0.2) is 0 Å². The summed E-state index contributed by atoms with van der Waals surface area (Å²) >= 11 is 0. The van der Waals surface area contributed by atoms with Crippen LogP contribution in [0.2, 0.25) is 0 Å². The van der Waals surface area contributed by atoms with Crippen molar-refractivity contribution >= 4 is 0 Å². The van der Waals surface area contributed by atoms with Gasteiger partial charge in [-0.1, -0.05) is 0 Å². The summed E-state index contributed by atoms with van der Waals surface area (Å²) in [6.07, 6.45) is 1.93. The minimum atomic E-state index is 0.263. The molecule has 0 aromatic heterocycles. The highest BCUT2D eigenvalue weighted by Gasteiger charge is 2.24. The van der Waals surface area contributed by atoms with E-state index in [-0.39, 0.29) is 6.10 Å². The van der Waals surface area contributed by atoms with Gasteiger partial charge < -0.3 is 18.9 Å². The molecule has 0 aromatic carbocycles. The number of ether oxygens (including phenoxy) is 4. The second-order valence-electron chi connectivity index (χ2n) is 3.92. The highest BCUT2D eigenvalue weighted by atomic mass is 16.6. The summed E-state index contributed by atoms with van der Waals surface area (Å²) < 4.78 is 21.0. The fraction of sp³-hybridized carbons (Fsp3) is 1.00. The first kappa shape index (κ1) is 10.4. The van der Waals surface area contributed by atoms with Crippen molar-refractivity contribution in [3.63, 3.8) is 0 Å². The summed E-state index contributed by atoms with van der Waals surface area (Å²) in [5, 5.41) is 0. The number of hydrogen-bond donors (Lipinski definition) is 0. The predicted molar refractivity (Wildman–Crippen MR) is 50.3 cm³/mol. The Morgan fingerprint density at radius 1 is 1.21 bits per heavy atom. The second-order valence-corrected chi connectivity index (χ2v) is 3.92. The molecule has 3 atom stereocenters. The third-order valence-corrected chi connectivity index (χ3v) is 2.34. The molecule has 0 radical (unpaired) electrons. The molecule has 2 saturated heterocycles. The van der Waals surface area contributed by atoms with E-state index < -0.39 is 0 Å². The Balaban J connectivity index is 1.38. The Labute approximate surface area is 84.5 Å². The van der Waals surface area contributed by atoms with Gasteiger partial charge in [-0.05, 0) is 13.3 Å². The van der Waals surface area contributed by atoms with Crippen molar-refractivity contribution in [3.05, 3.63) is 0 Å². The highest BCUT2D eigenvalue weighted by Crippen LogP contribution is 2.11. The van der Waals surface area contributed by atoms with Gasteiger partial charge in [0.1, 0.15) is 12.2 Å². The van der Waals surface area contributed by atoms with Crippen LogP contribution in [0.1, 0.15) is 13.3 Å². The number of hydrogen-bond acceptors (Lipinski definition) is 4. The topological polar surface area (TPSA) is 43.5 Å². The Kier molecular flexibility index (Phi) is 3.75. The van der Waals surface area contributed by atoms with Gasteiger partial charge in [-0.2, -0.15) is 0 Å². The van der Waals surface area contributed by atoms with E-state index in [0.717, 1.165) is 39.5 Å². The lowest BCUT2D eigenvalue weighted by atomic mass is 10.3. The van der Waals surface area contributed by atoms with Gasteiger partial charge in [-0.15, -0.1) is 0 Å². The zero-order valence-corrected chi connectivity index (χ0v) is 8.61. The van der Waals surface area contributed by atoms with Gasteiger partial charge >= 0.3 is 0 Å². The molecule has 0 bridgehead atoms. The lowest BCUT2D eigenvalue weighted by Gasteiger charge is -2.11. The molecule has 0 amide bonds. The van der Waals surface area contributed by atoms with E-state index in [4.69, 9.17) is 18.9 Å². The molecular weight excluding hydrogens is 184 g/mol. The molecule has 4 nitrogen and oxygen atoms in total. The molecule has 2 fully saturated rings. The minimum absolute atomic E-state index is 0.263. The largest absolute Gasteiger partial charge is 0.379 e. The first-order chi connectivity index (χ1) is 6.84. The summed E-state index contributed by atoms with van der Waals surface area (Å²) in [5.41, 5.74) is 0. The Morgan fingerprint density at radius 2 is 1.86 bits per heavy atom. The molecule has 0 spiro atoms. The van der Waals surface area contributed by atoms with E-state index >= 15 is 0 Å². The van der Waals surface area contributed by atoms with E-state index in [1.165, 1.54) is 0 Å². The van der Waals surface area contributed by atoms with E-state index in [0.29, 0.717) is 12.2 Å². The van der Waals surface area contributed by atoms with Crippen LogP contribution in [0.25, 0.3) is 0 Å². The van der Waals surface area contributed by atoms with Gasteiger partial charge in [0, 0.05) is 6.61 Å². The summed E-state index contributed by atoms with van der Waals surface area (Å²) in [4.78, 5) is 0. The SMILES string of the molecule is C[C@@H](CCOC[C@H]1CO1)OC[C@@H]1CO1. The smallest absolute Gasteiger partial charge is 0.104 e. The zero-order valence-electron chi connectivity index (χ0n) is 8.61. The quantitative estimate of drug-likeness (QED) is 0.427. The Hall–Kier alpha value is -0.160. The molecule has 0 saturated carbocycles. The maximum absolute atomic E-state index is 5.55. The van der Waals surface area contributed by atoms with Gasteiger partial charge in [-0.3, -0.25) is 0 Å². The fourth-order valence-electron chi connectivity index (χ4n) is 1.15. The van der Waals surface area contributed by atoms with Crippen LogP contribution in [0.3, 0.4) is 0 Å². The molecule has 2 heterocycles. The zero-order chi connectivity index (χ0) is 9.80. The predicted octanol–water partition coefficient (Wildman–Crippen LogP) is 0.596. The molecule has 0 aliphatic carbocycles. The van der Waals surface area contributed by atoms with Crippen LogP contribution in [0.5, 0.6) is 0 Å². The third-order valence-electron chi connectivity index (χ3n) is 2.34. The molecule has 14 heavy (non-hydrogen) atoms. The molecule has 4 heteroatoms. The number of epoxide rings is 2. The summed E-state index contributed by atoms with van der Waals surface area (Å²) in [5.74, 6) is 0. The van der Waals surface area contributed by atoms with E-state index in [2.05, 4.69) is 6.92 Å². The van der Waals surface area contributed by atoms with Crippen LogP contribution in [0, 0.1) is 0 Å². The second kappa shape index (κ2) is 5.07. The van der Waals surface area contributed by atoms with Crippen LogP contribution in [0.4, 0.5) is 0 Å².